The van der Waals surface area contributed by atoms with Crippen molar-refractivity contribution < 1.29 is 14.3 Å². The summed E-state index contributed by atoms with van der Waals surface area (Å²) in [6.07, 6.45) is 6.10. The Balaban J connectivity index is 2.15. The molecule has 3 aliphatic carbocycles. The van der Waals surface area contributed by atoms with Gasteiger partial charge in [0.15, 0.2) is 5.78 Å². The minimum atomic E-state index is -0.863. The van der Waals surface area contributed by atoms with Crippen molar-refractivity contribution in [1.29, 1.82) is 0 Å². The molecular weight excluding hydrogens is 204 g/mol. The van der Waals surface area contributed by atoms with Gasteiger partial charge in [-0.2, -0.15) is 0 Å². The van der Waals surface area contributed by atoms with Crippen molar-refractivity contribution in [2.75, 3.05) is 7.11 Å². The van der Waals surface area contributed by atoms with Gasteiger partial charge in [0.05, 0.1) is 11.5 Å². The average Bonchev–Trinajstić information content (AvgIpc) is 2.72. The smallest absolute Gasteiger partial charge is 0.162 e. The lowest BCUT2D eigenvalue weighted by atomic mass is 9.62. The van der Waals surface area contributed by atoms with Crippen LogP contribution in [0.1, 0.15) is 26.2 Å². The fourth-order valence-corrected chi connectivity index (χ4v) is 3.81. The van der Waals surface area contributed by atoms with Crippen LogP contribution in [0.2, 0.25) is 0 Å². The molecule has 3 aliphatic rings. The number of methoxy groups -OCH3 is 1. The summed E-state index contributed by atoms with van der Waals surface area (Å²) in [5.41, 5.74) is -1.35. The molecule has 2 saturated carbocycles. The highest BCUT2D eigenvalue weighted by molar-refractivity contribution is 6.16. The first kappa shape index (κ1) is 10.2. The molecular formula is C13H16O3. The van der Waals surface area contributed by atoms with E-state index in [0.29, 0.717) is 6.42 Å². The summed E-state index contributed by atoms with van der Waals surface area (Å²) in [4.78, 5) is 24.5. The third-order valence-corrected chi connectivity index (χ3v) is 4.84. The maximum atomic E-state index is 12.5. The van der Waals surface area contributed by atoms with E-state index in [1.165, 1.54) is 0 Å². The van der Waals surface area contributed by atoms with Gasteiger partial charge in [0.25, 0.3) is 0 Å². The average molecular weight is 220 g/mol. The normalized spacial score (nSPS) is 49.9. The standard InChI is InChI=1S/C13H16O3/c1-12-5-6-13(11(12)15)8(7-9(12)14)3-4-10(13)16-2/h5-6,8,10H,3-4,7H2,1-2H3/t8-,10+,12-,13+/m1/s1. The van der Waals surface area contributed by atoms with Crippen molar-refractivity contribution in [3.63, 3.8) is 0 Å². The lowest BCUT2D eigenvalue weighted by Gasteiger charge is -2.40. The van der Waals surface area contributed by atoms with Gasteiger partial charge in [0, 0.05) is 13.5 Å². The van der Waals surface area contributed by atoms with Crippen LogP contribution in [0.4, 0.5) is 0 Å². The highest BCUT2D eigenvalue weighted by Crippen LogP contribution is 2.59. The number of carbonyl (C=O) groups excluding carboxylic acids is 2. The summed E-state index contributed by atoms with van der Waals surface area (Å²) >= 11 is 0. The summed E-state index contributed by atoms with van der Waals surface area (Å²) in [7, 11) is 1.66. The minimum absolute atomic E-state index is 0.0313. The molecule has 2 bridgehead atoms. The number of allylic oxidation sites excluding steroid dienone is 1. The predicted octanol–water partition coefficient (Wildman–Crippen LogP) is 1.52. The SMILES string of the molecule is CO[C@H]1CC[C@@H]2CC(=O)[C@@]3(C)C=C[C@]21C3=O. The van der Waals surface area contributed by atoms with Gasteiger partial charge in [0.2, 0.25) is 0 Å². The van der Waals surface area contributed by atoms with Crippen molar-refractivity contribution in [3.05, 3.63) is 12.2 Å². The molecule has 0 heterocycles. The topological polar surface area (TPSA) is 43.4 Å². The number of hydrogen-bond acceptors (Lipinski definition) is 3. The second-order valence-electron chi connectivity index (χ2n) is 5.42. The molecule has 0 amide bonds. The van der Waals surface area contributed by atoms with Gasteiger partial charge in [-0.3, -0.25) is 9.59 Å². The predicted molar refractivity (Wildman–Crippen MR) is 57.8 cm³/mol. The third-order valence-electron chi connectivity index (χ3n) is 4.84. The first-order valence-corrected chi connectivity index (χ1v) is 5.87. The summed E-state index contributed by atoms with van der Waals surface area (Å²) < 4.78 is 5.47. The van der Waals surface area contributed by atoms with Crippen molar-refractivity contribution >= 4 is 11.6 Å². The first-order chi connectivity index (χ1) is 7.55. The van der Waals surface area contributed by atoms with Crippen LogP contribution in [0.25, 0.3) is 0 Å². The second-order valence-corrected chi connectivity index (χ2v) is 5.42. The zero-order valence-electron chi connectivity index (χ0n) is 9.66. The van der Waals surface area contributed by atoms with Crippen LogP contribution in [0.3, 0.4) is 0 Å². The van der Waals surface area contributed by atoms with Crippen LogP contribution >= 0.6 is 0 Å². The van der Waals surface area contributed by atoms with E-state index in [-0.39, 0.29) is 23.6 Å². The lowest BCUT2D eigenvalue weighted by Crippen LogP contribution is -2.52. The van der Waals surface area contributed by atoms with Gasteiger partial charge in [-0.25, -0.2) is 0 Å². The van der Waals surface area contributed by atoms with Crippen LogP contribution in [-0.2, 0) is 14.3 Å². The first-order valence-electron chi connectivity index (χ1n) is 5.87. The molecule has 3 rings (SSSR count). The molecule has 0 aromatic heterocycles. The zero-order chi connectivity index (χ0) is 11.6. The molecule has 0 N–H and O–H groups in total. The summed E-state index contributed by atoms with van der Waals surface area (Å²) in [5, 5.41) is 0. The lowest BCUT2D eigenvalue weighted by molar-refractivity contribution is -0.151. The van der Waals surface area contributed by atoms with E-state index in [0.717, 1.165) is 12.8 Å². The van der Waals surface area contributed by atoms with Gasteiger partial charge in [-0.05, 0) is 25.7 Å². The largest absolute Gasteiger partial charge is 0.380 e. The Bertz CT molecular complexity index is 411. The maximum Gasteiger partial charge on any atom is 0.162 e. The number of ether oxygens (including phenoxy) is 1. The fraction of sp³-hybridized carbons (Fsp3) is 0.692. The molecule has 0 aromatic carbocycles. The number of carbonyl (C=O) groups is 2. The van der Waals surface area contributed by atoms with E-state index in [1.54, 1.807) is 14.0 Å². The van der Waals surface area contributed by atoms with E-state index in [1.807, 2.05) is 12.2 Å². The van der Waals surface area contributed by atoms with Gasteiger partial charge < -0.3 is 4.74 Å². The van der Waals surface area contributed by atoms with Crippen molar-refractivity contribution in [2.24, 2.45) is 16.7 Å². The maximum absolute atomic E-state index is 12.5. The summed E-state index contributed by atoms with van der Waals surface area (Å²) in [6, 6.07) is 0. The van der Waals surface area contributed by atoms with E-state index < -0.39 is 10.8 Å². The Morgan fingerprint density at radius 3 is 2.75 bits per heavy atom. The highest BCUT2D eigenvalue weighted by Gasteiger charge is 2.66. The molecule has 16 heavy (non-hydrogen) atoms. The number of rotatable bonds is 1. The van der Waals surface area contributed by atoms with Crippen LogP contribution in [-0.4, -0.2) is 24.8 Å². The van der Waals surface area contributed by atoms with E-state index in [9.17, 15) is 9.59 Å². The monoisotopic (exact) mass is 220 g/mol. The van der Waals surface area contributed by atoms with Crippen LogP contribution in [0, 0.1) is 16.7 Å². The van der Waals surface area contributed by atoms with Gasteiger partial charge in [0.1, 0.15) is 11.2 Å². The molecule has 0 unspecified atom stereocenters. The zero-order valence-corrected chi connectivity index (χ0v) is 9.66. The third kappa shape index (κ3) is 0.854. The summed E-state index contributed by atoms with van der Waals surface area (Å²) in [6.45, 7) is 1.75. The highest BCUT2D eigenvalue weighted by atomic mass is 16.5. The molecule has 3 nitrogen and oxygen atoms in total. The van der Waals surface area contributed by atoms with Gasteiger partial charge in [-0.15, -0.1) is 0 Å². The minimum Gasteiger partial charge on any atom is -0.380 e. The van der Waals surface area contributed by atoms with E-state index >= 15 is 0 Å². The number of hydrogen-bond donors (Lipinski definition) is 0. The Morgan fingerprint density at radius 1 is 1.31 bits per heavy atom. The van der Waals surface area contributed by atoms with Crippen molar-refractivity contribution in [1.82, 2.24) is 0 Å². The van der Waals surface area contributed by atoms with Gasteiger partial charge >= 0.3 is 0 Å². The fourth-order valence-electron chi connectivity index (χ4n) is 3.81. The molecule has 86 valence electrons. The van der Waals surface area contributed by atoms with E-state index in [2.05, 4.69) is 0 Å². The molecule has 0 radical (unpaired) electrons. The molecule has 3 heteroatoms. The number of ketones is 2. The number of Topliss-reactive ketones (excluding diaryl/α,β-unsaturated/α-hetero) is 2. The van der Waals surface area contributed by atoms with Crippen LogP contribution in [0.5, 0.6) is 0 Å². The Hall–Kier alpha value is -0.960. The quantitative estimate of drug-likeness (QED) is 0.497. The molecule has 2 fully saturated rings. The second kappa shape index (κ2) is 2.83. The molecule has 0 aromatic rings. The molecule has 0 aliphatic heterocycles. The molecule has 0 saturated heterocycles. The molecule has 4 atom stereocenters. The van der Waals surface area contributed by atoms with Gasteiger partial charge in [-0.1, -0.05) is 12.2 Å². The van der Waals surface area contributed by atoms with Crippen LogP contribution in [0.15, 0.2) is 12.2 Å². The number of fused-ring (bicyclic) bond motifs is 1. The van der Waals surface area contributed by atoms with Crippen LogP contribution < -0.4 is 0 Å². The summed E-state index contributed by atoms with van der Waals surface area (Å²) in [5.74, 6) is 0.332. The Labute approximate surface area is 94.8 Å². The Kier molecular flexibility index (Phi) is 1.81. The van der Waals surface area contributed by atoms with Crippen molar-refractivity contribution in [2.45, 2.75) is 32.3 Å². The Morgan fingerprint density at radius 2 is 2.06 bits per heavy atom. The molecule has 1 spiro atoms. The van der Waals surface area contributed by atoms with Crippen molar-refractivity contribution in [3.8, 4) is 0 Å². The van der Waals surface area contributed by atoms with E-state index in [4.69, 9.17) is 4.74 Å².